The van der Waals surface area contributed by atoms with Crippen molar-refractivity contribution in [3.63, 3.8) is 0 Å². The minimum atomic E-state index is 1.17. The standard InChI is InChI=1S/C12H20/c1-2-4-9-8-10-6-7-12(10)11(9)5-3-1/h9-12H,1-8H2. The van der Waals surface area contributed by atoms with Crippen LogP contribution in [0.5, 0.6) is 0 Å². The topological polar surface area (TPSA) is 0 Å². The third-order valence-electron chi connectivity index (χ3n) is 4.85. The van der Waals surface area contributed by atoms with Gasteiger partial charge in [0, 0.05) is 0 Å². The summed E-state index contributed by atoms with van der Waals surface area (Å²) in [7, 11) is 0. The van der Waals surface area contributed by atoms with Crippen LogP contribution >= 0.6 is 0 Å². The van der Waals surface area contributed by atoms with Crippen molar-refractivity contribution >= 4 is 0 Å². The molecule has 0 saturated heterocycles. The third-order valence-corrected chi connectivity index (χ3v) is 4.85. The van der Waals surface area contributed by atoms with Gasteiger partial charge in [-0.25, -0.2) is 0 Å². The van der Waals surface area contributed by atoms with Crippen molar-refractivity contribution in [1.82, 2.24) is 0 Å². The second-order valence-electron chi connectivity index (χ2n) is 5.30. The van der Waals surface area contributed by atoms with Crippen LogP contribution in [-0.4, -0.2) is 0 Å². The van der Waals surface area contributed by atoms with Crippen molar-refractivity contribution in [3.8, 4) is 0 Å². The molecule has 0 nitrogen and oxygen atoms in total. The Hall–Kier alpha value is 0. The van der Waals surface area contributed by atoms with Gasteiger partial charge in [0.25, 0.3) is 0 Å². The normalized spacial score (nSPS) is 52.0. The van der Waals surface area contributed by atoms with Gasteiger partial charge in [0.1, 0.15) is 0 Å². The first-order valence-electron chi connectivity index (χ1n) is 5.95. The van der Waals surface area contributed by atoms with Gasteiger partial charge in [-0.05, 0) is 49.4 Å². The Morgan fingerprint density at radius 3 is 2.17 bits per heavy atom. The van der Waals surface area contributed by atoms with Crippen LogP contribution < -0.4 is 0 Å². The molecule has 0 N–H and O–H groups in total. The van der Waals surface area contributed by atoms with Gasteiger partial charge in [0.05, 0.1) is 0 Å². The lowest BCUT2D eigenvalue weighted by Gasteiger charge is -2.34. The van der Waals surface area contributed by atoms with Crippen molar-refractivity contribution in [2.24, 2.45) is 23.7 Å². The maximum atomic E-state index is 1.62. The van der Waals surface area contributed by atoms with E-state index in [1.165, 1.54) is 30.1 Å². The first-order valence-corrected chi connectivity index (χ1v) is 5.95. The van der Waals surface area contributed by atoms with E-state index in [2.05, 4.69) is 0 Å². The summed E-state index contributed by atoms with van der Waals surface area (Å²) in [6.45, 7) is 0. The number of hydrogen-bond acceptors (Lipinski definition) is 0. The van der Waals surface area contributed by atoms with Crippen LogP contribution in [0.15, 0.2) is 0 Å². The van der Waals surface area contributed by atoms with E-state index >= 15 is 0 Å². The van der Waals surface area contributed by atoms with E-state index in [9.17, 15) is 0 Å². The summed E-state index contributed by atoms with van der Waals surface area (Å²) < 4.78 is 0. The highest BCUT2D eigenvalue weighted by Gasteiger charge is 2.47. The average molecular weight is 164 g/mol. The van der Waals surface area contributed by atoms with Crippen molar-refractivity contribution in [2.45, 2.75) is 51.4 Å². The fraction of sp³-hybridized carbons (Fsp3) is 1.00. The van der Waals surface area contributed by atoms with Gasteiger partial charge < -0.3 is 0 Å². The molecule has 0 aromatic carbocycles. The Morgan fingerprint density at radius 2 is 1.33 bits per heavy atom. The summed E-state index contributed by atoms with van der Waals surface area (Å²) in [4.78, 5) is 0. The molecule has 3 saturated carbocycles. The summed E-state index contributed by atoms with van der Waals surface area (Å²) in [5, 5.41) is 0. The zero-order valence-corrected chi connectivity index (χ0v) is 7.97. The molecule has 4 unspecified atom stereocenters. The molecule has 12 heavy (non-hydrogen) atoms. The quantitative estimate of drug-likeness (QED) is 0.513. The summed E-state index contributed by atoms with van der Waals surface area (Å²) in [5.74, 6) is 4.75. The summed E-state index contributed by atoms with van der Waals surface area (Å²) in [6, 6.07) is 0. The second kappa shape index (κ2) is 2.75. The van der Waals surface area contributed by atoms with Crippen LogP contribution in [0.25, 0.3) is 0 Å². The molecule has 0 radical (unpaired) electrons. The molecule has 4 atom stereocenters. The third kappa shape index (κ3) is 0.963. The smallest absolute Gasteiger partial charge is 0.0355 e. The molecule has 3 fully saturated rings. The minimum Gasteiger partial charge on any atom is -0.0533 e. The Morgan fingerprint density at radius 1 is 0.583 bits per heavy atom. The number of rotatable bonds is 0. The molecule has 0 aromatic rings. The zero-order chi connectivity index (χ0) is 7.97. The van der Waals surface area contributed by atoms with E-state index in [1.807, 2.05) is 0 Å². The van der Waals surface area contributed by atoms with Crippen LogP contribution in [0.1, 0.15) is 51.4 Å². The van der Waals surface area contributed by atoms with Gasteiger partial charge in [-0.2, -0.15) is 0 Å². The van der Waals surface area contributed by atoms with Gasteiger partial charge >= 0.3 is 0 Å². The lowest BCUT2D eigenvalue weighted by atomic mass is 9.71. The molecule has 3 aliphatic rings. The van der Waals surface area contributed by atoms with Crippen LogP contribution in [0, 0.1) is 23.7 Å². The van der Waals surface area contributed by atoms with E-state index in [0.29, 0.717) is 0 Å². The van der Waals surface area contributed by atoms with Crippen molar-refractivity contribution in [3.05, 3.63) is 0 Å². The van der Waals surface area contributed by atoms with Crippen LogP contribution in [0.2, 0.25) is 0 Å². The molecule has 0 amide bonds. The number of hydrogen-bond donors (Lipinski definition) is 0. The molecule has 3 rings (SSSR count). The molecule has 0 aromatic heterocycles. The minimum absolute atomic E-state index is 1.17. The van der Waals surface area contributed by atoms with Crippen LogP contribution in [0.4, 0.5) is 0 Å². The zero-order valence-electron chi connectivity index (χ0n) is 7.97. The van der Waals surface area contributed by atoms with Crippen molar-refractivity contribution < 1.29 is 0 Å². The predicted octanol–water partition coefficient (Wildman–Crippen LogP) is 3.61. The highest BCUT2D eigenvalue weighted by Crippen LogP contribution is 2.56. The van der Waals surface area contributed by atoms with Crippen LogP contribution in [-0.2, 0) is 0 Å². The lowest BCUT2D eigenvalue weighted by molar-refractivity contribution is 0.159. The molecular formula is C12H20. The Balaban J connectivity index is 1.76. The second-order valence-corrected chi connectivity index (χ2v) is 5.30. The molecule has 0 bridgehead atoms. The van der Waals surface area contributed by atoms with E-state index in [-0.39, 0.29) is 0 Å². The molecule has 0 aliphatic heterocycles. The maximum absolute atomic E-state index is 1.62. The van der Waals surface area contributed by atoms with Gasteiger partial charge in [0.15, 0.2) is 0 Å². The Kier molecular flexibility index (Phi) is 1.70. The summed E-state index contributed by atoms with van der Waals surface area (Å²) in [5.41, 5.74) is 0. The molecule has 0 heterocycles. The Labute approximate surface area is 75.7 Å². The molecule has 68 valence electrons. The van der Waals surface area contributed by atoms with Crippen molar-refractivity contribution in [1.29, 1.82) is 0 Å². The van der Waals surface area contributed by atoms with E-state index < -0.39 is 0 Å². The molecule has 3 aliphatic carbocycles. The SMILES string of the molecule is C1CCC2CC3CCC3C2CC1. The first-order chi connectivity index (χ1) is 5.95. The number of fused-ring (bicyclic) bond motifs is 3. The maximum Gasteiger partial charge on any atom is -0.0355 e. The molecule has 0 spiro atoms. The highest BCUT2D eigenvalue weighted by molar-refractivity contribution is 4.97. The largest absolute Gasteiger partial charge is 0.0533 e. The fourth-order valence-electron chi connectivity index (χ4n) is 4.11. The van der Waals surface area contributed by atoms with E-state index in [4.69, 9.17) is 0 Å². The monoisotopic (exact) mass is 164 g/mol. The fourth-order valence-corrected chi connectivity index (χ4v) is 4.11. The predicted molar refractivity (Wildman–Crippen MR) is 50.9 cm³/mol. The van der Waals surface area contributed by atoms with Gasteiger partial charge in [-0.3, -0.25) is 0 Å². The first kappa shape index (κ1) is 7.41. The molecule has 0 heteroatoms. The van der Waals surface area contributed by atoms with Crippen LogP contribution in [0.3, 0.4) is 0 Å². The van der Waals surface area contributed by atoms with Crippen molar-refractivity contribution in [2.75, 3.05) is 0 Å². The average Bonchev–Trinajstić information content (AvgIpc) is 2.27. The van der Waals surface area contributed by atoms with Gasteiger partial charge in [0.2, 0.25) is 0 Å². The summed E-state index contributed by atoms with van der Waals surface area (Å²) >= 11 is 0. The lowest BCUT2D eigenvalue weighted by Crippen LogP contribution is -2.25. The van der Waals surface area contributed by atoms with E-state index in [0.717, 1.165) is 0 Å². The summed E-state index contributed by atoms with van der Waals surface area (Å²) in [6.07, 6.45) is 12.6. The Bertz CT molecular complexity index is 173. The highest BCUT2D eigenvalue weighted by atomic mass is 14.5. The van der Waals surface area contributed by atoms with Gasteiger partial charge in [-0.1, -0.05) is 25.7 Å². The van der Waals surface area contributed by atoms with Gasteiger partial charge in [-0.15, -0.1) is 0 Å². The van der Waals surface area contributed by atoms with E-state index in [1.54, 1.807) is 44.9 Å². The molecular weight excluding hydrogens is 144 g/mol.